The van der Waals surface area contributed by atoms with E-state index in [9.17, 15) is 9.18 Å². The van der Waals surface area contributed by atoms with Crippen molar-refractivity contribution in [3.63, 3.8) is 0 Å². The first-order valence-electron chi connectivity index (χ1n) is 7.34. The number of hydrogen-bond acceptors (Lipinski definition) is 4. The van der Waals surface area contributed by atoms with Gasteiger partial charge in [-0.1, -0.05) is 23.8 Å². The summed E-state index contributed by atoms with van der Waals surface area (Å²) >= 11 is 0. The van der Waals surface area contributed by atoms with E-state index in [1.165, 1.54) is 12.1 Å². The van der Waals surface area contributed by atoms with Crippen molar-refractivity contribution in [2.75, 3.05) is 10.6 Å². The number of carbonyl (C=O) groups is 1. The van der Waals surface area contributed by atoms with Crippen LogP contribution in [-0.2, 0) is 0 Å². The highest BCUT2D eigenvalue weighted by Gasteiger charge is 2.07. The van der Waals surface area contributed by atoms with Gasteiger partial charge in [0, 0.05) is 11.3 Å². The molecule has 0 radical (unpaired) electrons. The van der Waals surface area contributed by atoms with E-state index in [0.717, 1.165) is 5.56 Å². The summed E-state index contributed by atoms with van der Waals surface area (Å²) in [5.74, 6) is 0.203. The molecule has 0 unspecified atom stereocenters. The number of benzene rings is 2. The predicted molar refractivity (Wildman–Crippen MR) is 90.8 cm³/mol. The Morgan fingerprint density at radius 1 is 0.958 bits per heavy atom. The lowest BCUT2D eigenvalue weighted by Gasteiger charge is -2.07. The van der Waals surface area contributed by atoms with Crippen LogP contribution in [0.1, 0.15) is 15.9 Å². The van der Waals surface area contributed by atoms with E-state index in [1.54, 1.807) is 36.4 Å². The molecule has 2 N–H and O–H groups in total. The van der Waals surface area contributed by atoms with Crippen LogP contribution in [-0.4, -0.2) is 16.1 Å². The van der Waals surface area contributed by atoms with Crippen LogP contribution in [0.2, 0.25) is 0 Å². The molecule has 24 heavy (non-hydrogen) atoms. The number of rotatable bonds is 4. The molecule has 3 rings (SSSR count). The van der Waals surface area contributed by atoms with Crippen molar-refractivity contribution in [3.05, 3.63) is 77.6 Å². The SMILES string of the molecule is Cc1cccc(C(=O)Nc2ccc(Nc3cccc(F)c3)nn2)c1. The van der Waals surface area contributed by atoms with Gasteiger partial charge in [-0.25, -0.2) is 4.39 Å². The first kappa shape index (κ1) is 15.6. The first-order valence-corrected chi connectivity index (χ1v) is 7.34. The molecule has 0 bridgehead atoms. The summed E-state index contributed by atoms with van der Waals surface area (Å²) in [5.41, 5.74) is 2.13. The highest BCUT2D eigenvalue weighted by Crippen LogP contribution is 2.16. The molecule has 1 amide bonds. The van der Waals surface area contributed by atoms with Crippen LogP contribution < -0.4 is 10.6 Å². The van der Waals surface area contributed by atoms with E-state index in [-0.39, 0.29) is 11.7 Å². The monoisotopic (exact) mass is 322 g/mol. The van der Waals surface area contributed by atoms with Gasteiger partial charge in [-0.2, -0.15) is 0 Å². The van der Waals surface area contributed by atoms with Gasteiger partial charge in [0.05, 0.1) is 0 Å². The smallest absolute Gasteiger partial charge is 0.256 e. The molecule has 6 heteroatoms. The molecule has 120 valence electrons. The Hall–Kier alpha value is -3.28. The maximum absolute atomic E-state index is 13.1. The van der Waals surface area contributed by atoms with Crippen molar-refractivity contribution in [2.45, 2.75) is 6.92 Å². The molecule has 2 aromatic carbocycles. The van der Waals surface area contributed by atoms with E-state index < -0.39 is 0 Å². The molecular weight excluding hydrogens is 307 g/mol. The van der Waals surface area contributed by atoms with Gasteiger partial charge in [-0.3, -0.25) is 4.79 Å². The minimum Gasteiger partial charge on any atom is -0.339 e. The van der Waals surface area contributed by atoms with Gasteiger partial charge in [-0.15, -0.1) is 10.2 Å². The van der Waals surface area contributed by atoms with Crippen molar-refractivity contribution in [1.29, 1.82) is 0 Å². The van der Waals surface area contributed by atoms with Gasteiger partial charge >= 0.3 is 0 Å². The summed E-state index contributed by atoms with van der Waals surface area (Å²) in [4.78, 5) is 12.1. The molecule has 0 atom stereocenters. The van der Waals surface area contributed by atoms with E-state index in [2.05, 4.69) is 20.8 Å². The molecule has 0 aliphatic carbocycles. The minimum atomic E-state index is -0.338. The van der Waals surface area contributed by atoms with Gasteiger partial charge in [0.25, 0.3) is 5.91 Å². The number of halogens is 1. The molecule has 0 saturated heterocycles. The Morgan fingerprint density at radius 3 is 2.42 bits per heavy atom. The lowest BCUT2D eigenvalue weighted by atomic mass is 10.1. The second-order valence-electron chi connectivity index (χ2n) is 5.26. The Morgan fingerprint density at radius 2 is 1.71 bits per heavy atom. The second kappa shape index (κ2) is 6.87. The summed E-state index contributed by atoms with van der Waals surface area (Å²) in [6.07, 6.45) is 0. The van der Waals surface area contributed by atoms with Gasteiger partial charge in [-0.05, 0) is 49.4 Å². The van der Waals surface area contributed by atoms with Crippen LogP contribution in [0.5, 0.6) is 0 Å². The first-order chi connectivity index (χ1) is 11.6. The Kier molecular flexibility index (Phi) is 4.47. The summed E-state index contributed by atoms with van der Waals surface area (Å²) in [5, 5.41) is 13.5. The molecule has 0 saturated carbocycles. The normalized spacial score (nSPS) is 10.2. The average Bonchev–Trinajstić information content (AvgIpc) is 2.57. The molecular formula is C18H15FN4O. The zero-order chi connectivity index (χ0) is 16.9. The number of aryl methyl sites for hydroxylation is 1. The number of carbonyl (C=O) groups excluding carboxylic acids is 1. The maximum Gasteiger partial charge on any atom is 0.256 e. The van der Waals surface area contributed by atoms with E-state index in [1.807, 2.05) is 19.1 Å². The van der Waals surface area contributed by atoms with Gasteiger partial charge in [0.15, 0.2) is 11.6 Å². The van der Waals surface area contributed by atoms with Crippen molar-refractivity contribution < 1.29 is 9.18 Å². The van der Waals surface area contributed by atoms with Crippen molar-refractivity contribution in [3.8, 4) is 0 Å². The van der Waals surface area contributed by atoms with Crippen LogP contribution in [0.3, 0.4) is 0 Å². The zero-order valence-electron chi connectivity index (χ0n) is 13.0. The Bertz CT molecular complexity index is 865. The fraction of sp³-hybridized carbons (Fsp3) is 0.0556. The predicted octanol–water partition coefficient (Wildman–Crippen LogP) is 3.92. The van der Waals surface area contributed by atoms with E-state index in [0.29, 0.717) is 22.9 Å². The van der Waals surface area contributed by atoms with Gasteiger partial charge < -0.3 is 10.6 Å². The molecule has 0 fully saturated rings. The third-order valence-corrected chi connectivity index (χ3v) is 3.28. The fourth-order valence-corrected chi connectivity index (χ4v) is 2.15. The number of amides is 1. The molecule has 3 aromatic rings. The Balaban J connectivity index is 1.67. The number of anilines is 3. The summed E-state index contributed by atoms with van der Waals surface area (Å²) in [7, 11) is 0. The number of aromatic nitrogens is 2. The summed E-state index contributed by atoms with van der Waals surface area (Å²) < 4.78 is 13.1. The highest BCUT2D eigenvalue weighted by molar-refractivity contribution is 6.03. The van der Waals surface area contributed by atoms with E-state index >= 15 is 0 Å². The van der Waals surface area contributed by atoms with E-state index in [4.69, 9.17) is 0 Å². The lowest BCUT2D eigenvalue weighted by Crippen LogP contribution is -2.13. The molecule has 5 nitrogen and oxygen atoms in total. The molecule has 0 aliphatic rings. The number of nitrogens with zero attached hydrogens (tertiary/aromatic N) is 2. The standard InChI is InChI=1S/C18H15FN4O/c1-12-4-2-5-13(10-12)18(24)21-17-9-8-16(22-23-17)20-15-7-3-6-14(19)11-15/h2-11H,1H3,(H,20,22)(H,21,23,24). The quantitative estimate of drug-likeness (QED) is 0.764. The molecule has 0 spiro atoms. The van der Waals surface area contributed by atoms with Crippen LogP contribution in [0, 0.1) is 12.7 Å². The highest BCUT2D eigenvalue weighted by atomic mass is 19.1. The topological polar surface area (TPSA) is 66.9 Å². The summed E-state index contributed by atoms with van der Waals surface area (Å²) in [6.45, 7) is 1.92. The van der Waals surface area contributed by atoms with Crippen LogP contribution in [0.4, 0.5) is 21.7 Å². The van der Waals surface area contributed by atoms with Crippen molar-refractivity contribution in [2.24, 2.45) is 0 Å². The third-order valence-electron chi connectivity index (χ3n) is 3.28. The molecule has 0 aliphatic heterocycles. The lowest BCUT2D eigenvalue weighted by molar-refractivity contribution is 0.102. The van der Waals surface area contributed by atoms with Gasteiger partial charge in [0.2, 0.25) is 0 Å². The van der Waals surface area contributed by atoms with Crippen molar-refractivity contribution >= 4 is 23.2 Å². The van der Waals surface area contributed by atoms with Crippen LogP contribution in [0.25, 0.3) is 0 Å². The second-order valence-corrected chi connectivity index (χ2v) is 5.26. The Labute approximate surface area is 138 Å². The largest absolute Gasteiger partial charge is 0.339 e. The minimum absolute atomic E-state index is 0.251. The third kappa shape index (κ3) is 3.92. The van der Waals surface area contributed by atoms with Gasteiger partial charge in [0.1, 0.15) is 5.82 Å². The molecule has 1 heterocycles. The number of nitrogens with one attached hydrogen (secondary N) is 2. The fourth-order valence-electron chi connectivity index (χ4n) is 2.15. The number of hydrogen-bond donors (Lipinski definition) is 2. The maximum atomic E-state index is 13.1. The average molecular weight is 322 g/mol. The van der Waals surface area contributed by atoms with Crippen LogP contribution >= 0.6 is 0 Å². The van der Waals surface area contributed by atoms with Crippen LogP contribution in [0.15, 0.2) is 60.7 Å². The molecule has 1 aromatic heterocycles. The summed E-state index contributed by atoms with van der Waals surface area (Å²) in [6, 6.07) is 16.6. The van der Waals surface area contributed by atoms with Crippen molar-refractivity contribution in [1.82, 2.24) is 10.2 Å². The zero-order valence-corrected chi connectivity index (χ0v) is 13.0.